The molecule has 0 atom stereocenters. The molecular formula is C13H18N2O2S. The minimum absolute atomic E-state index is 0.575. The standard InChI is InChI=1S/C13H18N2O2S/c1-6-9-8-11(18-10(9)7-2)15(14)12(16)17-13(3,4)5/h6-8H,1-2,14H2,3-5H3. The molecule has 0 aromatic carbocycles. The van der Waals surface area contributed by atoms with E-state index in [0.29, 0.717) is 5.00 Å². The molecular weight excluding hydrogens is 248 g/mol. The van der Waals surface area contributed by atoms with Crippen LogP contribution in [0.4, 0.5) is 9.80 Å². The Morgan fingerprint density at radius 1 is 1.44 bits per heavy atom. The van der Waals surface area contributed by atoms with Crippen molar-refractivity contribution in [1.82, 2.24) is 0 Å². The average molecular weight is 266 g/mol. The summed E-state index contributed by atoms with van der Waals surface area (Å²) in [5, 5.41) is 1.59. The summed E-state index contributed by atoms with van der Waals surface area (Å²) in [4.78, 5) is 12.7. The van der Waals surface area contributed by atoms with Gasteiger partial charge in [0.25, 0.3) is 0 Å². The van der Waals surface area contributed by atoms with Crippen molar-refractivity contribution in [3.05, 3.63) is 29.7 Å². The van der Waals surface area contributed by atoms with Gasteiger partial charge in [-0.15, -0.1) is 11.3 Å². The lowest BCUT2D eigenvalue weighted by atomic mass is 10.2. The molecule has 0 spiro atoms. The van der Waals surface area contributed by atoms with Crippen molar-refractivity contribution in [2.45, 2.75) is 26.4 Å². The summed E-state index contributed by atoms with van der Waals surface area (Å²) in [5.41, 5.74) is 0.318. The molecule has 0 fully saturated rings. The normalized spacial score (nSPS) is 10.9. The van der Waals surface area contributed by atoms with Crippen LogP contribution >= 0.6 is 11.3 Å². The molecule has 0 unspecified atom stereocenters. The van der Waals surface area contributed by atoms with Crippen LogP contribution in [0.5, 0.6) is 0 Å². The van der Waals surface area contributed by atoms with Crippen molar-refractivity contribution in [2.24, 2.45) is 5.84 Å². The van der Waals surface area contributed by atoms with Gasteiger partial charge in [0, 0.05) is 4.88 Å². The maximum Gasteiger partial charge on any atom is 0.430 e. The third kappa shape index (κ3) is 3.45. The van der Waals surface area contributed by atoms with Crippen molar-refractivity contribution >= 4 is 34.6 Å². The summed E-state index contributed by atoms with van der Waals surface area (Å²) in [5.74, 6) is 5.74. The summed E-state index contributed by atoms with van der Waals surface area (Å²) < 4.78 is 5.19. The van der Waals surface area contributed by atoms with Crippen LogP contribution in [0.25, 0.3) is 12.2 Å². The Balaban J connectivity index is 2.93. The smallest absolute Gasteiger partial charge is 0.430 e. The second-order valence-corrected chi connectivity index (χ2v) is 5.73. The second-order valence-electron chi connectivity index (χ2n) is 4.66. The third-order valence-electron chi connectivity index (χ3n) is 2.01. The Kier molecular flexibility index (Phi) is 4.32. The average Bonchev–Trinajstić information content (AvgIpc) is 2.68. The third-order valence-corrected chi connectivity index (χ3v) is 3.16. The van der Waals surface area contributed by atoms with Gasteiger partial charge in [-0.05, 0) is 32.4 Å². The van der Waals surface area contributed by atoms with E-state index in [1.807, 2.05) is 0 Å². The highest BCUT2D eigenvalue weighted by Gasteiger charge is 2.22. The van der Waals surface area contributed by atoms with Crippen LogP contribution in [-0.4, -0.2) is 11.7 Å². The number of hydrogen-bond donors (Lipinski definition) is 1. The Morgan fingerprint density at radius 3 is 2.44 bits per heavy atom. The zero-order valence-corrected chi connectivity index (χ0v) is 11.7. The van der Waals surface area contributed by atoms with E-state index < -0.39 is 11.7 Å². The zero-order valence-electron chi connectivity index (χ0n) is 10.9. The van der Waals surface area contributed by atoms with E-state index >= 15 is 0 Å². The molecule has 0 saturated carbocycles. The van der Waals surface area contributed by atoms with E-state index in [-0.39, 0.29) is 0 Å². The van der Waals surface area contributed by atoms with Crippen molar-refractivity contribution < 1.29 is 9.53 Å². The highest BCUT2D eigenvalue weighted by Crippen LogP contribution is 2.31. The maximum atomic E-state index is 11.8. The predicted molar refractivity (Wildman–Crippen MR) is 77.4 cm³/mol. The molecule has 1 amide bonds. The molecule has 1 heterocycles. The van der Waals surface area contributed by atoms with Gasteiger partial charge in [-0.2, -0.15) is 0 Å². The minimum atomic E-state index is -0.588. The van der Waals surface area contributed by atoms with Gasteiger partial charge in [0.15, 0.2) is 0 Å². The summed E-state index contributed by atoms with van der Waals surface area (Å²) in [6.45, 7) is 12.8. The first kappa shape index (κ1) is 14.5. The van der Waals surface area contributed by atoms with Gasteiger partial charge in [0.1, 0.15) is 10.6 Å². The summed E-state index contributed by atoms with van der Waals surface area (Å²) in [7, 11) is 0. The zero-order chi connectivity index (χ0) is 13.9. The molecule has 0 aliphatic rings. The summed E-state index contributed by atoms with van der Waals surface area (Å²) >= 11 is 1.36. The fourth-order valence-corrected chi connectivity index (χ4v) is 2.17. The van der Waals surface area contributed by atoms with Crippen LogP contribution in [0.2, 0.25) is 0 Å². The molecule has 1 aromatic heterocycles. The Morgan fingerprint density at radius 2 is 2.06 bits per heavy atom. The molecule has 1 aromatic rings. The van der Waals surface area contributed by atoms with E-state index in [1.165, 1.54) is 11.3 Å². The number of nitrogens with two attached hydrogens (primary N) is 1. The maximum absolute atomic E-state index is 11.8. The number of ether oxygens (including phenoxy) is 1. The molecule has 0 bridgehead atoms. The molecule has 1 rings (SSSR count). The number of hydrogen-bond acceptors (Lipinski definition) is 4. The molecule has 4 nitrogen and oxygen atoms in total. The van der Waals surface area contributed by atoms with E-state index in [1.54, 1.807) is 39.0 Å². The van der Waals surface area contributed by atoms with E-state index in [4.69, 9.17) is 10.6 Å². The van der Waals surface area contributed by atoms with Crippen LogP contribution in [-0.2, 0) is 4.74 Å². The lowest BCUT2D eigenvalue weighted by Gasteiger charge is -2.23. The molecule has 0 aliphatic heterocycles. The lowest BCUT2D eigenvalue weighted by molar-refractivity contribution is 0.0581. The monoisotopic (exact) mass is 266 g/mol. The topological polar surface area (TPSA) is 55.6 Å². The van der Waals surface area contributed by atoms with Gasteiger partial charge in [-0.1, -0.05) is 25.3 Å². The number of carbonyl (C=O) groups excluding carboxylic acids is 1. The first-order chi connectivity index (χ1) is 8.28. The molecule has 98 valence electrons. The molecule has 2 N–H and O–H groups in total. The van der Waals surface area contributed by atoms with Crippen LogP contribution in [0.3, 0.4) is 0 Å². The number of hydrazine groups is 1. The molecule has 5 heteroatoms. The highest BCUT2D eigenvalue weighted by atomic mass is 32.1. The number of nitrogens with zero attached hydrogens (tertiary/aromatic N) is 1. The minimum Gasteiger partial charge on any atom is -0.442 e. The van der Waals surface area contributed by atoms with Crippen molar-refractivity contribution in [2.75, 3.05) is 5.01 Å². The Bertz CT molecular complexity index is 446. The number of anilines is 1. The molecule has 0 aliphatic carbocycles. The van der Waals surface area contributed by atoms with Gasteiger partial charge >= 0.3 is 6.09 Å². The number of amides is 1. The lowest BCUT2D eigenvalue weighted by Crippen LogP contribution is -2.41. The van der Waals surface area contributed by atoms with Crippen molar-refractivity contribution in [3.8, 4) is 0 Å². The summed E-state index contributed by atoms with van der Waals surface area (Å²) in [6, 6.07) is 1.78. The van der Waals surface area contributed by atoms with Crippen molar-refractivity contribution in [3.63, 3.8) is 0 Å². The van der Waals surface area contributed by atoms with Crippen LogP contribution in [0.15, 0.2) is 19.2 Å². The number of rotatable bonds is 3. The predicted octanol–water partition coefficient (Wildman–Crippen LogP) is 3.65. The van der Waals surface area contributed by atoms with E-state index in [0.717, 1.165) is 15.4 Å². The Labute approximate surface area is 111 Å². The largest absolute Gasteiger partial charge is 0.442 e. The molecule has 0 radical (unpaired) electrons. The Hall–Kier alpha value is -1.59. The SMILES string of the molecule is C=Cc1cc(N(N)C(=O)OC(C)(C)C)sc1C=C. The number of carbonyl (C=O) groups is 1. The second kappa shape index (κ2) is 5.37. The van der Waals surface area contributed by atoms with Gasteiger partial charge < -0.3 is 4.74 Å². The molecule has 0 saturated heterocycles. The first-order valence-electron chi connectivity index (χ1n) is 5.45. The first-order valence-corrected chi connectivity index (χ1v) is 6.26. The number of thiophene rings is 1. The van der Waals surface area contributed by atoms with Gasteiger partial charge in [-0.25, -0.2) is 15.6 Å². The van der Waals surface area contributed by atoms with E-state index in [2.05, 4.69) is 13.2 Å². The molecule has 18 heavy (non-hydrogen) atoms. The van der Waals surface area contributed by atoms with Gasteiger partial charge in [-0.3, -0.25) is 0 Å². The highest BCUT2D eigenvalue weighted by molar-refractivity contribution is 7.17. The quantitative estimate of drug-likeness (QED) is 0.516. The van der Waals surface area contributed by atoms with Gasteiger partial charge in [0.05, 0.1) is 0 Å². The van der Waals surface area contributed by atoms with Crippen LogP contribution in [0, 0.1) is 0 Å². The fourth-order valence-electron chi connectivity index (χ4n) is 1.24. The van der Waals surface area contributed by atoms with E-state index in [9.17, 15) is 4.79 Å². The van der Waals surface area contributed by atoms with Crippen LogP contribution < -0.4 is 10.9 Å². The van der Waals surface area contributed by atoms with Gasteiger partial charge in [0.2, 0.25) is 0 Å². The van der Waals surface area contributed by atoms with Crippen LogP contribution in [0.1, 0.15) is 31.2 Å². The van der Waals surface area contributed by atoms with Crippen molar-refractivity contribution in [1.29, 1.82) is 0 Å². The fraction of sp³-hybridized carbons (Fsp3) is 0.308. The summed E-state index contributed by atoms with van der Waals surface area (Å²) in [6.07, 6.45) is 2.81.